The van der Waals surface area contributed by atoms with Crippen LogP contribution in [-0.2, 0) is 11.3 Å². The largest absolute Gasteiger partial charge is 0.351 e. The molecule has 2 aromatic carbocycles. The standard InChI is InChI=1S/C21H21N3O/c1-3-21(4-2,15-23)20(25)24-14-16-9-11-17(12-10-16)19-8-6-5-7-18(19)13-22/h5-12H,3-4,14H2,1-2H3,(H,24,25). The summed E-state index contributed by atoms with van der Waals surface area (Å²) < 4.78 is 0. The molecule has 0 saturated carbocycles. The molecule has 1 N–H and O–H groups in total. The molecular weight excluding hydrogens is 310 g/mol. The molecule has 0 aliphatic carbocycles. The van der Waals surface area contributed by atoms with Crippen LogP contribution in [0.25, 0.3) is 11.1 Å². The zero-order chi connectivity index (χ0) is 18.3. The number of nitrogens with zero attached hydrogens (tertiary/aromatic N) is 2. The molecule has 0 aliphatic rings. The highest BCUT2D eigenvalue weighted by Crippen LogP contribution is 2.26. The molecule has 2 rings (SSSR count). The van der Waals surface area contributed by atoms with Gasteiger partial charge in [-0.2, -0.15) is 10.5 Å². The minimum Gasteiger partial charge on any atom is -0.351 e. The lowest BCUT2D eigenvalue weighted by molar-refractivity contribution is -0.128. The van der Waals surface area contributed by atoms with Crippen molar-refractivity contribution in [2.45, 2.75) is 33.2 Å². The number of rotatable bonds is 6. The van der Waals surface area contributed by atoms with Gasteiger partial charge in [-0.1, -0.05) is 56.3 Å². The molecule has 0 spiro atoms. The third kappa shape index (κ3) is 3.87. The zero-order valence-electron chi connectivity index (χ0n) is 14.5. The van der Waals surface area contributed by atoms with Gasteiger partial charge >= 0.3 is 0 Å². The third-order valence-corrected chi connectivity index (χ3v) is 4.62. The molecule has 0 heterocycles. The topological polar surface area (TPSA) is 76.7 Å². The van der Waals surface area contributed by atoms with Gasteiger partial charge < -0.3 is 5.32 Å². The number of carbonyl (C=O) groups is 1. The molecule has 0 radical (unpaired) electrons. The SMILES string of the molecule is CCC(C#N)(CC)C(=O)NCc1ccc(-c2ccccc2C#N)cc1. The number of benzene rings is 2. The molecule has 2 aromatic rings. The van der Waals surface area contributed by atoms with Crippen LogP contribution in [0.2, 0.25) is 0 Å². The van der Waals surface area contributed by atoms with E-state index in [9.17, 15) is 15.3 Å². The average molecular weight is 331 g/mol. The Balaban J connectivity index is 2.10. The Morgan fingerprint density at radius 3 is 2.24 bits per heavy atom. The second-order valence-electron chi connectivity index (χ2n) is 5.94. The van der Waals surface area contributed by atoms with E-state index in [-0.39, 0.29) is 5.91 Å². The van der Waals surface area contributed by atoms with Gasteiger partial charge in [-0.3, -0.25) is 4.79 Å². The van der Waals surface area contributed by atoms with Crippen molar-refractivity contribution in [1.29, 1.82) is 10.5 Å². The molecule has 0 atom stereocenters. The van der Waals surface area contributed by atoms with E-state index in [2.05, 4.69) is 17.5 Å². The highest BCUT2D eigenvalue weighted by Gasteiger charge is 2.34. The van der Waals surface area contributed by atoms with Crippen LogP contribution in [0.1, 0.15) is 37.8 Å². The maximum absolute atomic E-state index is 12.3. The highest BCUT2D eigenvalue weighted by molar-refractivity contribution is 5.85. The Bertz CT molecular complexity index is 821. The van der Waals surface area contributed by atoms with E-state index in [0.717, 1.165) is 16.7 Å². The van der Waals surface area contributed by atoms with Crippen molar-refractivity contribution < 1.29 is 4.79 Å². The van der Waals surface area contributed by atoms with E-state index >= 15 is 0 Å². The molecule has 4 heteroatoms. The maximum Gasteiger partial charge on any atom is 0.240 e. The van der Waals surface area contributed by atoms with Crippen molar-refractivity contribution in [3.63, 3.8) is 0 Å². The molecule has 0 aliphatic heterocycles. The minimum atomic E-state index is -0.953. The fourth-order valence-electron chi connectivity index (χ4n) is 2.77. The molecule has 25 heavy (non-hydrogen) atoms. The van der Waals surface area contributed by atoms with Crippen molar-refractivity contribution in [2.24, 2.45) is 5.41 Å². The summed E-state index contributed by atoms with van der Waals surface area (Å²) in [5.41, 5.74) is 2.48. The summed E-state index contributed by atoms with van der Waals surface area (Å²) in [6, 6.07) is 19.5. The summed E-state index contributed by atoms with van der Waals surface area (Å²) in [7, 11) is 0. The predicted octanol–water partition coefficient (Wildman–Crippen LogP) is 4.17. The Morgan fingerprint density at radius 2 is 1.68 bits per heavy atom. The maximum atomic E-state index is 12.3. The van der Waals surface area contributed by atoms with Gasteiger partial charge in [0.05, 0.1) is 17.7 Å². The van der Waals surface area contributed by atoms with Gasteiger partial charge in [0, 0.05) is 6.54 Å². The van der Waals surface area contributed by atoms with Crippen LogP contribution in [-0.4, -0.2) is 5.91 Å². The number of carbonyl (C=O) groups excluding carboxylic acids is 1. The average Bonchev–Trinajstić information content (AvgIpc) is 2.68. The van der Waals surface area contributed by atoms with E-state index in [1.165, 1.54) is 0 Å². The fourth-order valence-corrected chi connectivity index (χ4v) is 2.77. The normalized spacial score (nSPS) is 10.6. The Labute approximate surface area is 148 Å². The molecule has 0 saturated heterocycles. The zero-order valence-corrected chi connectivity index (χ0v) is 14.5. The lowest BCUT2D eigenvalue weighted by atomic mass is 9.83. The summed E-state index contributed by atoms with van der Waals surface area (Å²) in [4.78, 5) is 12.3. The van der Waals surface area contributed by atoms with Crippen molar-refractivity contribution in [2.75, 3.05) is 0 Å². The Kier molecular flexibility index (Phi) is 5.93. The summed E-state index contributed by atoms with van der Waals surface area (Å²) >= 11 is 0. The summed E-state index contributed by atoms with van der Waals surface area (Å²) in [5, 5.41) is 21.4. The van der Waals surface area contributed by atoms with Crippen LogP contribution < -0.4 is 5.32 Å². The van der Waals surface area contributed by atoms with Crippen molar-refractivity contribution in [3.8, 4) is 23.3 Å². The summed E-state index contributed by atoms with van der Waals surface area (Å²) in [6.45, 7) is 4.09. The van der Waals surface area contributed by atoms with Crippen molar-refractivity contribution >= 4 is 5.91 Å². The van der Waals surface area contributed by atoms with E-state index in [1.807, 2.05) is 56.3 Å². The van der Waals surface area contributed by atoms with Crippen LogP contribution in [0.5, 0.6) is 0 Å². The predicted molar refractivity (Wildman–Crippen MR) is 97.1 cm³/mol. The van der Waals surface area contributed by atoms with Gasteiger partial charge in [0.1, 0.15) is 5.41 Å². The van der Waals surface area contributed by atoms with Gasteiger partial charge in [-0.05, 0) is 35.6 Å². The van der Waals surface area contributed by atoms with Gasteiger partial charge in [0.25, 0.3) is 0 Å². The van der Waals surface area contributed by atoms with Gasteiger partial charge in [-0.15, -0.1) is 0 Å². The first-order valence-electron chi connectivity index (χ1n) is 8.38. The number of hydrogen-bond acceptors (Lipinski definition) is 3. The molecule has 0 fully saturated rings. The van der Waals surface area contributed by atoms with Crippen LogP contribution >= 0.6 is 0 Å². The van der Waals surface area contributed by atoms with Crippen LogP contribution in [0, 0.1) is 28.1 Å². The lowest BCUT2D eigenvalue weighted by Gasteiger charge is -2.22. The van der Waals surface area contributed by atoms with E-state index < -0.39 is 5.41 Å². The van der Waals surface area contributed by atoms with Crippen LogP contribution in [0.4, 0.5) is 0 Å². The molecule has 126 valence electrons. The Morgan fingerprint density at radius 1 is 1.04 bits per heavy atom. The number of hydrogen-bond donors (Lipinski definition) is 1. The molecular formula is C21H21N3O. The quantitative estimate of drug-likeness (QED) is 0.863. The number of nitrogens with one attached hydrogen (secondary N) is 1. The first-order valence-corrected chi connectivity index (χ1v) is 8.38. The van der Waals surface area contributed by atoms with Crippen LogP contribution in [0.15, 0.2) is 48.5 Å². The van der Waals surface area contributed by atoms with Gasteiger partial charge in [-0.25, -0.2) is 0 Å². The van der Waals surface area contributed by atoms with Crippen molar-refractivity contribution in [1.82, 2.24) is 5.32 Å². The smallest absolute Gasteiger partial charge is 0.240 e. The van der Waals surface area contributed by atoms with E-state index in [1.54, 1.807) is 6.07 Å². The number of amides is 1. The molecule has 4 nitrogen and oxygen atoms in total. The second kappa shape index (κ2) is 8.13. The van der Waals surface area contributed by atoms with Crippen molar-refractivity contribution in [3.05, 3.63) is 59.7 Å². The highest BCUT2D eigenvalue weighted by atomic mass is 16.2. The number of nitriles is 2. The van der Waals surface area contributed by atoms with Gasteiger partial charge in [0.2, 0.25) is 5.91 Å². The fraction of sp³-hybridized carbons (Fsp3) is 0.286. The molecule has 0 aromatic heterocycles. The molecule has 1 amide bonds. The van der Waals surface area contributed by atoms with E-state index in [0.29, 0.717) is 24.9 Å². The first kappa shape index (κ1) is 18.2. The first-order chi connectivity index (χ1) is 12.1. The minimum absolute atomic E-state index is 0.223. The van der Waals surface area contributed by atoms with Crippen LogP contribution in [0.3, 0.4) is 0 Å². The summed E-state index contributed by atoms with van der Waals surface area (Å²) in [6.07, 6.45) is 0.991. The molecule has 0 bridgehead atoms. The monoisotopic (exact) mass is 331 g/mol. The summed E-state index contributed by atoms with van der Waals surface area (Å²) in [5.74, 6) is -0.223. The van der Waals surface area contributed by atoms with E-state index in [4.69, 9.17) is 0 Å². The second-order valence-corrected chi connectivity index (χ2v) is 5.94. The van der Waals surface area contributed by atoms with Gasteiger partial charge in [0.15, 0.2) is 0 Å². The molecule has 0 unspecified atom stereocenters. The lowest BCUT2D eigenvalue weighted by Crippen LogP contribution is -2.38. The Hall–Kier alpha value is -3.11. The third-order valence-electron chi connectivity index (χ3n) is 4.62.